The third kappa shape index (κ3) is 4.77. The Morgan fingerprint density at radius 3 is 2.46 bits per heavy atom. The summed E-state index contributed by atoms with van der Waals surface area (Å²) in [6.07, 6.45) is 0. The molecule has 5 rings (SSSR count). The number of nitrogen functional groups attached to an aromatic ring is 1. The second-order valence-corrected chi connectivity index (χ2v) is 9.43. The van der Waals surface area contributed by atoms with Crippen molar-refractivity contribution in [1.29, 1.82) is 0 Å². The van der Waals surface area contributed by atoms with Crippen molar-refractivity contribution in [3.63, 3.8) is 0 Å². The van der Waals surface area contributed by atoms with Gasteiger partial charge in [-0.25, -0.2) is 9.37 Å². The number of nitrogens with one attached hydrogen (secondary N) is 1. The summed E-state index contributed by atoms with van der Waals surface area (Å²) in [6, 6.07) is 10.3. The van der Waals surface area contributed by atoms with Crippen molar-refractivity contribution in [2.45, 2.75) is 13.5 Å². The molecule has 2 aromatic heterocycles. The Morgan fingerprint density at radius 1 is 1.03 bits per heavy atom. The van der Waals surface area contributed by atoms with E-state index >= 15 is 4.39 Å². The first-order valence-corrected chi connectivity index (χ1v) is 12.0. The van der Waals surface area contributed by atoms with Crippen molar-refractivity contribution in [3.05, 3.63) is 69.8 Å². The van der Waals surface area contributed by atoms with E-state index in [1.807, 2.05) is 37.2 Å². The first-order chi connectivity index (χ1) is 17.7. The summed E-state index contributed by atoms with van der Waals surface area (Å²) in [4.78, 5) is 27.5. The number of anilines is 2. The number of hydrogen-bond acceptors (Lipinski definition) is 7. The molecule has 0 unspecified atom stereocenters. The molecule has 0 bridgehead atoms. The van der Waals surface area contributed by atoms with E-state index in [2.05, 4.69) is 19.9 Å². The van der Waals surface area contributed by atoms with Crippen LogP contribution in [0.25, 0.3) is 33.3 Å². The third-order valence-electron chi connectivity index (χ3n) is 6.48. The predicted octanol–water partition coefficient (Wildman–Crippen LogP) is 3.72. The fourth-order valence-corrected chi connectivity index (χ4v) is 4.70. The van der Waals surface area contributed by atoms with Gasteiger partial charge in [-0.2, -0.15) is 9.37 Å². The molecule has 192 valence electrons. The number of aryl methyl sites for hydroxylation is 1. The average Bonchev–Trinajstić information content (AvgIpc) is 2.87. The number of ether oxygens (including phenoxy) is 1. The van der Waals surface area contributed by atoms with Gasteiger partial charge in [-0.15, -0.1) is 0 Å². The van der Waals surface area contributed by atoms with Gasteiger partial charge in [-0.3, -0.25) is 4.79 Å². The molecule has 3 heterocycles. The fraction of sp³-hybridized carbons (Fsp3) is 0.296. The van der Waals surface area contributed by atoms with Gasteiger partial charge in [0.05, 0.1) is 18.9 Å². The highest BCUT2D eigenvalue weighted by Gasteiger charge is 2.20. The molecule has 0 saturated carbocycles. The summed E-state index contributed by atoms with van der Waals surface area (Å²) in [5, 5.41) is 0.335. The highest BCUT2D eigenvalue weighted by atomic mass is 19.1. The van der Waals surface area contributed by atoms with Gasteiger partial charge in [0.1, 0.15) is 17.2 Å². The van der Waals surface area contributed by atoms with Crippen LogP contribution in [0.5, 0.6) is 0 Å². The minimum absolute atomic E-state index is 0.0420. The largest absolute Gasteiger partial charge is 0.382 e. The molecular formula is C27H28F2N6O2. The number of morpholine rings is 1. The molecular weight excluding hydrogens is 478 g/mol. The van der Waals surface area contributed by atoms with Crippen LogP contribution >= 0.6 is 0 Å². The van der Waals surface area contributed by atoms with E-state index < -0.39 is 17.3 Å². The van der Waals surface area contributed by atoms with Crippen LogP contribution < -0.4 is 16.2 Å². The van der Waals surface area contributed by atoms with E-state index in [4.69, 9.17) is 10.5 Å². The zero-order valence-electron chi connectivity index (χ0n) is 20.9. The lowest BCUT2D eigenvalue weighted by atomic mass is 10.0. The molecule has 8 nitrogen and oxygen atoms in total. The number of fused-ring (bicyclic) bond motifs is 1. The van der Waals surface area contributed by atoms with Crippen molar-refractivity contribution in [1.82, 2.24) is 19.9 Å². The molecule has 1 aliphatic rings. The van der Waals surface area contributed by atoms with Gasteiger partial charge in [-0.1, -0.05) is 12.1 Å². The Kier molecular flexibility index (Phi) is 6.61. The summed E-state index contributed by atoms with van der Waals surface area (Å²) < 4.78 is 35.4. The van der Waals surface area contributed by atoms with Gasteiger partial charge in [0.2, 0.25) is 5.95 Å². The third-order valence-corrected chi connectivity index (χ3v) is 6.48. The van der Waals surface area contributed by atoms with E-state index in [1.54, 1.807) is 6.07 Å². The van der Waals surface area contributed by atoms with Crippen LogP contribution in [0.3, 0.4) is 0 Å². The topological polar surface area (TPSA) is 100 Å². The quantitative estimate of drug-likeness (QED) is 0.426. The van der Waals surface area contributed by atoms with Crippen molar-refractivity contribution in [3.8, 4) is 22.5 Å². The molecule has 2 aromatic carbocycles. The number of pyridine rings is 1. The monoisotopic (exact) mass is 506 g/mol. The Morgan fingerprint density at radius 2 is 1.73 bits per heavy atom. The maximum absolute atomic E-state index is 15.1. The molecule has 3 N–H and O–H groups in total. The molecule has 0 aliphatic carbocycles. The zero-order valence-corrected chi connectivity index (χ0v) is 20.9. The zero-order chi connectivity index (χ0) is 26.3. The van der Waals surface area contributed by atoms with Crippen molar-refractivity contribution in [2.24, 2.45) is 0 Å². The molecule has 37 heavy (non-hydrogen) atoms. The van der Waals surface area contributed by atoms with Gasteiger partial charge >= 0.3 is 0 Å². The summed E-state index contributed by atoms with van der Waals surface area (Å²) >= 11 is 0. The Hall–Kier alpha value is -3.89. The summed E-state index contributed by atoms with van der Waals surface area (Å²) in [6.45, 7) is 5.00. The van der Waals surface area contributed by atoms with Gasteiger partial charge in [0.15, 0.2) is 5.82 Å². The van der Waals surface area contributed by atoms with Gasteiger partial charge in [0, 0.05) is 47.2 Å². The van der Waals surface area contributed by atoms with Crippen LogP contribution in [0.4, 0.5) is 20.3 Å². The van der Waals surface area contributed by atoms with Crippen LogP contribution in [0.2, 0.25) is 0 Å². The van der Waals surface area contributed by atoms with Crippen molar-refractivity contribution in [2.75, 3.05) is 51.0 Å². The maximum Gasteiger partial charge on any atom is 0.256 e. The number of H-pyrrole nitrogens is 1. The highest BCUT2D eigenvalue weighted by Crippen LogP contribution is 2.33. The van der Waals surface area contributed by atoms with Crippen LogP contribution in [0, 0.1) is 18.7 Å². The number of halogens is 2. The Labute approximate surface area is 212 Å². The van der Waals surface area contributed by atoms with Crippen molar-refractivity contribution >= 4 is 22.3 Å². The number of rotatable bonds is 5. The molecule has 1 aliphatic heterocycles. The van der Waals surface area contributed by atoms with E-state index in [-0.39, 0.29) is 33.7 Å². The number of nitrogens with two attached hydrogens (primary N) is 1. The van der Waals surface area contributed by atoms with Gasteiger partial charge in [0.25, 0.3) is 5.56 Å². The molecule has 0 atom stereocenters. The van der Waals surface area contributed by atoms with Gasteiger partial charge in [-0.05, 0) is 50.8 Å². The van der Waals surface area contributed by atoms with E-state index in [9.17, 15) is 9.18 Å². The Bertz CT molecular complexity index is 1550. The van der Waals surface area contributed by atoms with E-state index in [0.29, 0.717) is 30.9 Å². The van der Waals surface area contributed by atoms with E-state index in [0.717, 1.165) is 24.3 Å². The normalized spacial score (nSPS) is 14.1. The SMILES string of the molecule is Cc1[nH]c(=O)c2ccc(-c3nc(-c4ccc(N5CCOCC5)c(CN(C)C)c4)c(F)nc3N)cc2c1F. The summed E-state index contributed by atoms with van der Waals surface area (Å²) in [5.41, 5.74) is 9.11. The average molecular weight is 507 g/mol. The molecule has 0 spiro atoms. The first-order valence-electron chi connectivity index (χ1n) is 12.0. The Balaban J connectivity index is 1.62. The van der Waals surface area contributed by atoms with Gasteiger partial charge < -0.3 is 25.3 Å². The minimum atomic E-state index is -0.796. The molecule has 1 saturated heterocycles. The van der Waals surface area contributed by atoms with Crippen LogP contribution in [-0.4, -0.2) is 60.3 Å². The molecule has 0 amide bonds. The molecule has 10 heteroatoms. The first kappa shape index (κ1) is 24.8. The second-order valence-electron chi connectivity index (χ2n) is 9.43. The van der Waals surface area contributed by atoms with E-state index in [1.165, 1.54) is 19.1 Å². The maximum atomic E-state index is 15.1. The predicted molar refractivity (Wildman–Crippen MR) is 141 cm³/mol. The smallest absolute Gasteiger partial charge is 0.256 e. The number of benzene rings is 2. The summed E-state index contributed by atoms with van der Waals surface area (Å²) in [5.74, 6) is -1.46. The van der Waals surface area contributed by atoms with Crippen LogP contribution in [-0.2, 0) is 11.3 Å². The van der Waals surface area contributed by atoms with Crippen molar-refractivity contribution < 1.29 is 13.5 Å². The number of aromatic amines is 1. The standard InChI is InChI=1S/C27H28F2N6O2/c1-15-22(28)20-13-17(4-6-19(20)27(36)31-15)24-26(30)33-25(29)23(32-24)16-5-7-21(18(12-16)14-34(2)3)35-8-10-37-11-9-35/h4-7,12-13H,8-11,14H2,1-3H3,(H2,30,33)(H,31,36). The minimum Gasteiger partial charge on any atom is -0.382 e. The lowest BCUT2D eigenvalue weighted by Crippen LogP contribution is -2.37. The molecule has 4 aromatic rings. The fourth-order valence-electron chi connectivity index (χ4n) is 4.70. The molecule has 0 radical (unpaired) electrons. The number of aromatic nitrogens is 3. The summed E-state index contributed by atoms with van der Waals surface area (Å²) in [7, 11) is 3.95. The lowest BCUT2D eigenvalue weighted by molar-refractivity contribution is 0.122. The van der Waals surface area contributed by atoms with Crippen LogP contribution in [0.1, 0.15) is 11.3 Å². The van der Waals surface area contributed by atoms with Crippen LogP contribution in [0.15, 0.2) is 41.2 Å². The number of nitrogens with zero attached hydrogens (tertiary/aromatic N) is 4. The highest BCUT2D eigenvalue weighted by molar-refractivity contribution is 5.88. The second kappa shape index (κ2) is 9.87. The number of hydrogen-bond donors (Lipinski definition) is 2. The molecule has 1 fully saturated rings. The lowest BCUT2D eigenvalue weighted by Gasteiger charge is -2.31.